The summed E-state index contributed by atoms with van der Waals surface area (Å²) in [6, 6.07) is 21.8. The number of hydrogen-bond donors (Lipinski definition) is 1. The molecule has 0 aliphatic rings. The van der Waals surface area contributed by atoms with Gasteiger partial charge < -0.3 is 10.2 Å². The Balaban J connectivity index is 2.04. The van der Waals surface area contributed by atoms with Gasteiger partial charge in [-0.3, -0.25) is 13.9 Å². The molecule has 0 aliphatic heterocycles. The van der Waals surface area contributed by atoms with Crippen LogP contribution in [0.2, 0.25) is 10.0 Å². The van der Waals surface area contributed by atoms with Crippen molar-refractivity contribution in [1.82, 2.24) is 10.2 Å². The fraction of sp³-hybridized carbons (Fsp3) is 0.286. The van der Waals surface area contributed by atoms with Crippen molar-refractivity contribution in [3.05, 3.63) is 100 Å². The summed E-state index contributed by atoms with van der Waals surface area (Å²) in [7, 11) is -3.86. The summed E-state index contributed by atoms with van der Waals surface area (Å²) in [6.07, 6.45) is 2.00. The summed E-state index contributed by atoms with van der Waals surface area (Å²) in [4.78, 5) is 28.8. The van der Waals surface area contributed by atoms with E-state index in [0.717, 1.165) is 22.5 Å². The Morgan fingerprint density at radius 2 is 1.53 bits per heavy atom. The van der Waals surface area contributed by atoms with Crippen LogP contribution in [0.5, 0.6) is 0 Å². The molecule has 38 heavy (non-hydrogen) atoms. The third-order valence-corrected chi connectivity index (χ3v) is 7.45. The number of carbonyl (C=O) groups excluding carboxylic acids is 2. The highest BCUT2D eigenvalue weighted by atomic mass is 35.5. The van der Waals surface area contributed by atoms with E-state index in [1.807, 2.05) is 37.3 Å². The van der Waals surface area contributed by atoms with Gasteiger partial charge in [0.25, 0.3) is 0 Å². The van der Waals surface area contributed by atoms with E-state index in [9.17, 15) is 18.0 Å². The van der Waals surface area contributed by atoms with Crippen molar-refractivity contribution in [3.63, 3.8) is 0 Å². The minimum atomic E-state index is -3.86. The van der Waals surface area contributed by atoms with Gasteiger partial charge in [-0.2, -0.15) is 0 Å². The molecule has 0 radical (unpaired) electrons. The van der Waals surface area contributed by atoms with Crippen molar-refractivity contribution < 1.29 is 18.0 Å². The smallest absolute Gasteiger partial charge is 0.244 e. The molecular weight excluding hydrogens is 545 g/mol. The summed E-state index contributed by atoms with van der Waals surface area (Å²) in [5.41, 5.74) is 1.83. The molecular formula is C28H31Cl2N3O4S. The van der Waals surface area contributed by atoms with Gasteiger partial charge >= 0.3 is 0 Å². The Labute approximate surface area is 234 Å². The quantitative estimate of drug-likeness (QED) is 0.332. The highest BCUT2D eigenvalue weighted by Gasteiger charge is 2.33. The van der Waals surface area contributed by atoms with Crippen LogP contribution in [-0.2, 0) is 32.6 Å². The number of anilines is 1. The van der Waals surface area contributed by atoms with Crippen LogP contribution in [0.4, 0.5) is 5.69 Å². The lowest BCUT2D eigenvalue weighted by Crippen LogP contribution is -2.53. The van der Waals surface area contributed by atoms with Gasteiger partial charge in [-0.25, -0.2) is 8.42 Å². The van der Waals surface area contributed by atoms with Crippen molar-refractivity contribution in [1.29, 1.82) is 0 Å². The van der Waals surface area contributed by atoms with E-state index in [-0.39, 0.29) is 24.6 Å². The molecule has 3 aromatic rings. The second kappa shape index (κ2) is 13.6. The van der Waals surface area contributed by atoms with Gasteiger partial charge in [0, 0.05) is 29.6 Å². The zero-order chi connectivity index (χ0) is 27.7. The SMILES string of the molecule is CCCNC(=O)[C@@H](Cc1ccccc1)N(Cc1cccc(Cl)c1)C(=O)CN(c1cccc(Cl)c1)S(C)(=O)=O. The molecule has 10 heteroatoms. The molecule has 0 unspecified atom stereocenters. The summed E-state index contributed by atoms with van der Waals surface area (Å²) < 4.78 is 26.5. The van der Waals surface area contributed by atoms with Crippen LogP contribution in [-0.4, -0.2) is 50.5 Å². The third-order valence-electron chi connectivity index (χ3n) is 5.84. The molecule has 3 aromatic carbocycles. The average molecular weight is 577 g/mol. The first kappa shape index (κ1) is 29.5. The minimum absolute atomic E-state index is 0.0591. The van der Waals surface area contributed by atoms with Crippen LogP contribution in [0, 0.1) is 0 Å². The standard InChI is InChI=1S/C28H31Cl2N3O4S/c1-3-15-31-28(35)26(17-21-9-5-4-6-10-21)32(19-22-11-7-12-23(29)16-22)27(34)20-33(38(2,36)37)25-14-8-13-24(30)18-25/h4-14,16,18,26H,3,15,17,19-20H2,1-2H3,(H,31,35)/t26-/m1/s1. The van der Waals surface area contributed by atoms with E-state index in [4.69, 9.17) is 23.2 Å². The first-order valence-electron chi connectivity index (χ1n) is 12.2. The summed E-state index contributed by atoms with van der Waals surface area (Å²) >= 11 is 12.3. The van der Waals surface area contributed by atoms with Crippen LogP contribution in [0.1, 0.15) is 24.5 Å². The third kappa shape index (κ3) is 8.48. The predicted molar refractivity (Wildman–Crippen MR) is 153 cm³/mol. The Hall–Kier alpha value is -3.07. The monoisotopic (exact) mass is 575 g/mol. The predicted octanol–water partition coefficient (Wildman–Crippen LogP) is 4.93. The van der Waals surface area contributed by atoms with Crippen LogP contribution < -0.4 is 9.62 Å². The van der Waals surface area contributed by atoms with E-state index in [1.54, 1.807) is 42.5 Å². The zero-order valence-electron chi connectivity index (χ0n) is 21.3. The number of benzene rings is 3. The molecule has 0 fully saturated rings. The molecule has 0 heterocycles. The highest BCUT2D eigenvalue weighted by molar-refractivity contribution is 7.92. The van der Waals surface area contributed by atoms with Gasteiger partial charge in [-0.1, -0.05) is 78.7 Å². The fourth-order valence-corrected chi connectivity index (χ4v) is 5.24. The maximum atomic E-state index is 13.9. The maximum absolute atomic E-state index is 13.9. The Bertz CT molecular complexity index is 1350. The molecule has 1 atom stereocenters. The number of nitrogens with zero attached hydrogens (tertiary/aromatic N) is 2. The van der Waals surface area contributed by atoms with E-state index in [2.05, 4.69) is 5.32 Å². The molecule has 0 spiro atoms. The first-order valence-corrected chi connectivity index (χ1v) is 14.8. The summed E-state index contributed by atoms with van der Waals surface area (Å²) in [5, 5.41) is 3.72. The van der Waals surface area contributed by atoms with Crippen LogP contribution in [0.3, 0.4) is 0 Å². The van der Waals surface area contributed by atoms with Crippen molar-refractivity contribution in [2.45, 2.75) is 32.4 Å². The number of carbonyl (C=O) groups is 2. The first-order chi connectivity index (χ1) is 18.1. The molecule has 0 bridgehead atoms. The number of rotatable bonds is 12. The second-order valence-electron chi connectivity index (χ2n) is 8.90. The number of hydrogen-bond acceptors (Lipinski definition) is 4. The lowest BCUT2D eigenvalue weighted by Gasteiger charge is -2.33. The lowest BCUT2D eigenvalue weighted by atomic mass is 10.0. The van der Waals surface area contributed by atoms with Crippen LogP contribution in [0.15, 0.2) is 78.9 Å². The van der Waals surface area contributed by atoms with E-state index < -0.39 is 28.5 Å². The highest BCUT2D eigenvalue weighted by Crippen LogP contribution is 2.23. The molecule has 2 amide bonds. The molecule has 202 valence electrons. The number of halogens is 2. The van der Waals surface area contributed by atoms with Gasteiger partial charge in [0.2, 0.25) is 21.8 Å². The molecule has 0 saturated heterocycles. The average Bonchev–Trinajstić information content (AvgIpc) is 2.87. The van der Waals surface area contributed by atoms with Crippen molar-refractivity contribution in [3.8, 4) is 0 Å². The molecule has 0 saturated carbocycles. The number of sulfonamides is 1. The minimum Gasteiger partial charge on any atom is -0.354 e. The van der Waals surface area contributed by atoms with E-state index in [1.165, 1.54) is 11.0 Å². The van der Waals surface area contributed by atoms with Gasteiger partial charge in [-0.05, 0) is 47.9 Å². The van der Waals surface area contributed by atoms with Crippen molar-refractivity contribution >= 4 is 50.7 Å². The molecule has 0 aliphatic carbocycles. The number of nitrogens with one attached hydrogen (secondary N) is 1. The molecule has 3 rings (SSSR count). The number of amides is 2. The second-order valence-corrected chi connectivity index (χ2v) is 11.7. The van der Waals surface area contributed by atoms with E-state index >= 15 is 0 Å². The van der Waals surface area contributed by atoms with Gasteiger partial charge in [-0.15, -0.1) is 0 Å². The lowest BCUT2D eigenvalue weighted by molar-refractivity contribution is -0.140. The topological polar surface area (TPSA) is 86.8 Å². The van der Waals surface area contributed by atoms with Crippen LogP contribution in [0.25, 0.3) is 0 Å². The fourth-order valence-electron chi connectivity index (χ4n) is 4.00. The molecule has 7 nitrogen and oxygen atoms in total. The Morgan fingerprint density at radius 1 is 0.895 bits per heavy atom. The van der Waals surface area contributed by atoms with Crippen LogP contribution >= 0.6 is 23.2 Å². The van der Waals surface area contributed by atoms with E-state index in [0.29, 0.717) is 22.2 Å². The Kier molecular flexibility index (Phi) is 10.6. The largest absolute Gasteiger partial charge is 0.354 e. The molecule has 0 aromatic heterocycles. The summed E-state index contributed by atoms with van der Waals surface area (Å²) in [5.74, 6) is -0.859. The zero-order valence-corrected chi connectivity index (χ0v) is 23.6. The molecule has 1 N–H and O–H groups in total. The van der Waals surface area contributed by atoms with Crippen molar-refractivity contribution in [2.75, 3.05) is 23.7 Å². The summed E-state index contributed by atoms with van der Waals surface area (Å²) in [6.45, 7) is 1.94. The maximum Gasteiger partial charge on any atom is 0.244 e. The van der Waals surface area contributed by atoms with Crippen molar-refractivity contribution in [2.24, 2.45) is 0 Å². The Morgan fingerprint density at radius 3 is 2.13 bits per heavy atom. The normalized spacial score (nSPS) is 12.0. The van der Waals surface area contributed by atoms with Gasteiger partial charge in [0.1, 0.15) is 12.6 Å². The van der Waals surface area contributed by atoms with Gasteiger partial charge in [0.05, 0.1) is 11.9 Å². The van der Waals surface area contributed by atoms with Gasteiger partial charge in [0.15, 0.2) is 0 Å².